The normalized spacial score (nSPS) is 18.0. The molecule has 7 rings (SSSR count). The average molecular weight is 1350 g/mol. The van der Waals surface area contributed by atoms with E-state index in [0.29, 0.717) is 127 Å². The number of benzene rings is 4. The quantitative estimate of drug-likeness (QED) is 0.00644. The second kappa shape index (κ2) is 30.5. The number of anilines is 2. The number of hydrogen-bond acceptors (Lipinski definition) is 15. The Hall–Kier alpha value is -6.55. The molecular formula is C65H82ClN6O15S4+. The van der Waals surface area contributed by atoms with Crippen LogP contribution < -0.4 is 14.5 Å². The van der Waals surface area contributed by atoms with Gasteiger partial charge in [0.15, 0.2) is 5.71 Å². The maximum Gasteiger partial charge on any atom is 0.294 e. The lowest BCUT2D eigenvalue weighted by atomic mass is 9.77. The van der Waals surface area contributed by atoms with Gasteiger partial charge in [0.25, 0.3) is 40.5 Å². The molecule has 0 bridgehead atoms. The van der Waals surface area contributed by atoms with Gasteiger partial charge < -0.3 is 9.64 Å². The molecule has 26 heteroatoms. The summed E-state index contributed by atoms with van der Waals surface area (Å²) in [5, 5.41) is 18.4. The lowest BCUT2D eigenvalue weighted by Gasteiger charge is -2.30. The number of carbonyl (C=O) groups is 2. The van der Waals surface area contributed by atoms with Crippen molar-refractivity contribution in [2.24, 2.45) is 4.99 Å². The highest BCUT2D eigenvalue weighted by Crippen LogP contribution is 2.52. The molecule has 0 fully saturated rings. The number of allylic oxidation sites excluding steroid dienone is 6. The van der Waals surface area contributed by atoms with Gasteiger partial charge in [-0.3, -0.25) is 48.5 Å². The lowest BCUT2D eigenvalue weighted by molar-refractivity contribution is -0.438. The number of hydrogen-bond donors (Lipinski definition) is 6. The second-order valence-electron chi connectivity index (χ2n) is 24.0. The molecule has 4 aromatic rings. The first-order valence-corrected chi connectivity index (χ1v) is 36.8. The van der Waals surface area contributed by atoms with Crippen LogP contribution in [0.4, 0.5) is 17.1 Å². The number of halogens is 1. The highest BCUT2D eigenvalue weighted by atomic mass is 35.5. The van der Waals surface area contributed by atoms with Gasteiger partial charge in [0.1, 0.15) is 41.6 Å². The first-order chi connectivity index (χ1) is 42.7. The van der Waals surface area contributed by atoms with Crippen LogP contribution in [0, 0.1) is 10.8 Å². The highest BCUT2D eigenvalue weighted by Gasteiger charge is 2.46. The molecule has 3 aliphatic heterocycles. The first kappa shape index (κ1) is 71.9. The zero-order chi connectivity index (χ0) is 66.7. The Morgan fingerprint density at radius 1 is 0.681 bits per heavy atom. The molecule has 21 nitrogen and oxygen atoms in total. The molecule has 3 aliphatic rings. The molecule has 0 radical (unpaired) electrons. The van der Waals surface area contributed by atoms with Crippen molar-refractivity contribution in [2.75, 3.05) is 41.5 Å². The molecule has 0 saturated heterocycles. The van der Waals surface area contributed by atoms with Crippen molar-refractivity contribution < 1.29 is 70.8 Å². The minimum Gasteiger partial charge on any atom is -0.497 e. The Morgan fingerprint density at radius 2 is 1.25 bits per heavy atom. The number of unbranched alkanes of at least 4 members (excludes halogenated alkanes) is 8. The standard InChI is InChI=1S/C65H81ClN6O15S4/c1-45(67)72-57-33-30-50(87-5)42-53(57)62(46-26-28-47(66)29-27-46)69-56(63(72)68)41-49(74)23-12-8-6-7-11-21-48(73)22-13-10-16-36-65(4)55-44-52(91(84,85)86)32-35-59(55)71(38-18-20-40-89(78,79)80)61(65)25-15-9-14-24-60-64(2,3)54-43-51(90(81,82)83)31-34-58(54)70(60)37-17-19-39-88(75,76)77/h9,14-15,24-35,42-44,56,67-68H,6-8,10-13,16-23,36-41H2,1-5H3,(H3-,75,76,77,78,79,80,81,82,83,84,85,86)/p+1/t56-,65?/m0/s1. The number of ether oxygens (including phenoxy) is 1. The second-order valence-corrected chi connectivity index (χ2v) is 30.5. The van der Waals surface area contributed by atoms with Crippen LogP contribution >= 0.6 is 11.6 Å². The molecule has 6 N–H and O–H groups in total. The molecule has 3 heterocycles. The Kier molecular flexibility index (Phi) is 24.1. The van der Waals surface area contributed by atoms with Gasteiger partial charge in [-0.1, -0.05) is 74.1 Å². The number of benzodiazepines with no additional fused rings is 1. The first-order valence-electron chi connectivity index (χ1n) is 30.3. The van der Waals surface area contributed by atoms with Crippen molar-refractivity contribution >= 4 is 104 Å². The van der Waals surface area contributed by atoms with Crippen LogP contribution in [-0.4, -0.2) is 129 Å². The third-order valence-electron chi connectivity index (χ3n) is 16.9. The zero-order valence-corrected chi connectivity index (χ0v) is 55.9. The van der Waals surface area contributed by atoms with Gasteiger partial charge >= 0.3 is 0 Å². The molecule has 0 spiro atoms. The number of methoxy groups -OCH3 is 1. The fourth-order valence-corrected chi connectivity index (χ4v) is 14.5. The van der Waals surface area contributed by atoms with Crippen LogP contribution in [-0.2, 0) is 60.9 Å². The van der Waals surface area contributed by atoms with E-state index < -0.39 is 68.9 Å². The Labute approximate surface area is 540 Å². The van der Waals surface area contributed by atoms with Crippen molar-refractivity contribution in [3.63, 3.8) is 0 Å². The van der Waals surface area contributed by atoms with Gasteiger partial charge in [0.05, 0.1) is 45.2 Å². The summed E-state index contributed by atoms with van der Waals surface area (Å²) in [6, 6.07) is 20.3. The van der Waals surface area contributed by atoms with E-state index >= 15 is 0 Å². The molecular weight excluding hydrogens is 1270 g/mol. The van der Waals surface area contributed by atoms with Crippen LogP contribution in [0.5, 0.6) is 5.75 Å². The maximum atomic E-state index is 13.5. The summed E-state index contributed by atoms with van der Waals surface area (Å²) in [5.41, 5.74) is 4.82. The highest BCUT2D eigenvalue weighted by molar-refractivity contribution is 7.86. The van der Waals surface area contributed by atoms with Gasteiger partial charge in [-0.05, 0) is 145 Å². The topological polar surface area (TPSA) is 330 Å². The smallest absolute Gasteiger partial charge is 0.294 e. The van der Waals surface area contributed by atoms with Crippen LogP contribution in [0.3, 0.4) is 0 Å². The Morgan fingerprint density at radius 3 is 1.86 bits per heavy atom. The van der Waals surface area contributed by atoms with Crippen LogP contribution in [0.25, 0.3) is 0 Å². The molecule has 0 aromatic heterocycles. The van der Waals surface area contributed by atoms with E-state index in [9.17, 15) is 66.9 Å². The fraction of sp³-hybridized carbons (Fsp3) is 0.446. The van der Waals surface area contributed by atoms with E-state index in [4.69, 9.17) is 26.7 Å². The number of nitrogens with zero attached hydrogens (tertiary/aromatic N) is 4. The summed E-state index contributed by atoms with van der Waals surface area (Å²) in [4.78, 5) is 34.6. The number of Topliss-reactive ketones (excluding diaryl/α,β-unsaturated/α-hetero) is 2. The number of carbonyl (C=O) groups excluding carboxylic acids is 2. The van der Waals surface area contributed by atoms with Crippen molar-refractivity contribution in [3.05, 3.63) is 142 Å². The third kappa shape index (κ3) is 18.8. The summed E-state index contributed by atoms with van der Waals surface area (Å²) < 4.78 is 142. The summed E-state index contributed by atoms with van der Waals surface area (Å²) in [6.07, 6.45) is 17.1. The predicted molar refractivity (Wildman–Crippen MR) is 355 cm³/mol. The van der Waals surface area contributed by atoms with Gasteiger partial charge in [0.2, 0.25) is 5.69 Å². The zero-order valence-electron chi connectivity index (χ0n) is 51.9. The molecule has 492 valence electrons. The van der Waals surface area contributed by atoms with Gasteiger partial charge in [-0.2, -0.15) is 38.2 Å². The minimum atomic E-state index is -4.64. The lowest BCUT2D eigenvalue weighted by Crippen LogP contribution is -2.41. The van der Waals surface area contributed by atoms with Crippen LogP contribution in [0.15, 0.2) is 130 Å². The van der Waals surface area contributed by atoms with Gasteiger partial charge in [0, 0.05) is 89.3 Å². The number of fused-ring (bicyclic) bond motifs is 3. The van der Waals surface area contributed by atoms with Crippen molar-refractivity contribution in [3.8, 4) is 5.75 Å². The fourth-order valence-electron chi connectivity index (χ4n) is 12.2. The number of amidine groups is 2. The van der Waals surface area contributed by atoms with Crippen molar-refractivity contribution in [1.29, 1.82) is 10.8 Å². The van der Waals surface area contributed by atoms with E-state index in [2.05, 4.69) is 0 Å². The van der Waals surface area contributed by atoms with Crippen LogP contribution in [0.2, 0.25) is 5.02 Å². The molecule has 91 heavy (non-hydrogen) atoms. The predicted octanol–water partition coefficient (Wildman–Crippen LogP) is 12.2. The molecule has 2 atom stereocenters. The maximum absolute atomic E-state index is 13.5. The SMILES string of the molecule is COc1ccc2c(c1)C(c1ccc(Cl)cc1)=N[C@@H](CC(=O)CCCCCCCC(=O)CCCCCC1(C)/C(=C/C=C/C=C/C3=[N+](CCCCS(=O)(=O)O)c4ccc(S(=O)(=O)O)cc4C3(C)C)N(CCCCS(=O)(=O)O)c3ccc(S(=O)(=O)O)cc31)C(=N)N2C(C)=N. The van der Waals surface area contributed by atoms with Crippen LogP contribution in [0.1, 0.15) is 159 Å². The number of ketones is 2. The molecule has 4 aromatic carbocycles. The molecule has 0 amide bonds. The largest absolute Gasteiger partial charge is 0.497 e. The number of rotatable bonds is 33. The van der Waals surface area contributed by atoms with E-state index in [0.717, 1.165) is 36.2 Å². The summed E-state index contributed by atoms with van der Waals surface area (Å²) >= 11 is 6.23. The monoisotopic (exact) mass is 1350 g/mol. The number of aliphatic imine (C=N–C) groups is 1. The van der Waals surface area contributed by atoms with E-state index in [1.54, 1.807) is 68.7 Å². The average Bonchev–Trinajstić information content (AvgIpc) is 1.60. The molecule has 0 aliphatic carbocycles. The number of nitrogens with one attached hydrogen (secondary N) is 2. The molecule has 0 saturated carbocycles. The van der Waals surface area contributed by atoms with Crippen molar-refractivity contribution in [2.45, 2.75) is 164 Å². The summed E-state index contributed by atoms with van der Waals surface area (Å²) in [5.74, 6) is -0.130. The van der Waals surface area contributed by atoms with Crippen molar-refractivity contribution in [1.82, 2.24) is 0 Å². The Bertz CT molecular complexity index is 4050. The van der Waals surface area contributed by atoms with E-state index in [-0.39, 0.29) is 58.8 Å². The summed E-state index contributed by atoms with van der Waals surface area (Å²) in [6.45, 7) is 7.91. The van der Waals surface area contributed by atoms with Gasteiger partial charge in [-0.25, -0.2) is 0 Å². The minimum absolute atomic E-state index is 0.0174. The third-order valence-corrected chi connectivity index (χ3v) is 20.5. The summed E-state index contributed by atoms with van der Waals surface area (Å²) in [7, 11) is -16.1. The Balaban J connectivity index is 0.974. The van der Waals surface area contributed by atoms with E-state index in [1.807, 2.05) is 60.6 Å². The van der Waals surface area contributed by atoms with E-state index in [1.165, 1.54) is 29.2 Å². The molecule has 1 unspecified atom stereocenters. The van der Waals surface area contributed by atoms with Gasteiger partial charge in [-0.15, -0.1) is 0 Å².